The Balaban J connectivity index is 2.13. The molecule has 0 spiro atoms. The number of nitrogens with one attached hydrogen (secondary N) is 1. The highest BCUT2D eigenvalue weighted by Gasteiger charge is 2.41. The summed E-state index contributed by atoms with van der Waals surface area (Å²) in [6, 6.07) is 2.84. The number of hydrogen-bond acceptors (Lipinski definition) is 3. The molecule has 0 aromatic carbocycles. The summed E-state index contributed by atoms with van der Waals surface area (Å²) in [6.45, 7) is 4.23. The van der Waals surface area contributed by atoms with Crippen LogP contribution in [-0.4, -0.2) is 38.1 Å². The van der Waals surface area contributed by atoms with Crippen molar-refractivity contribution in [1.82, 2.24) is 10.2 Å². The first-order valence-electron chi connectivity index (χ1n) is 5.34. The van der Waals surface area contributed by atoms with Crippen LogP contribution in [0.4, 0.5) is 0 Å². The van der Waals surface area contributed by atoms with E-state index < -0.39 is 0 Å². The third-order valence-electron chi connectivity index (χ3n) is 3.23. The molecule has 1 aliphatic rings. The van der Waals surface area contributed by atoms with Crippen molar-refractivity contribution in [1.29, 1.82) is 5.26 Å². The van der Waals surface area contributed by atoms with Gasteiger partial charge in [-0.25, -0.2) is 0 Å². The zero-order valence-corrected chi connectivity index (χ0v) is 9.51. The molecule has 0 amide bonds. The van der Waals surface area contributed by atoms with Gasteiger partial charge in [-0.15, -0.1) is 0 Å². The monoisotopic (exact) mass is 195 g/mol. The zero-order valence-electron chi connectivity index (χ0n) is 9.51. The molecule has 0 aromatic heterocycles. The fourth-order valence-electron chi connectivity index (χ4n) is 1.49. The van der Waals surface area contributed by atoms with Gasteiger partial charge in [0.1, 0.15) is 0 Å². The Kier molecular flexibility index (Phi) is 3.91. The summed E-state index contributed by atoms with van der Waals surface area (Å²) in [6.07, 6.45) is 3.17. The predicted molar refractivity (Wildman–Crippen MR) is 57.9 cm³/mol. The van der Waals surface area contributed by atoms with Crippen molar-refractivity contribution in [3.8, 4) is 6.07 Å². The summed E-state index contributed by atoms with van der Waals surface area (Å²) in [5.74, 6) is 0. The Morgan fingerprint density at radius 3 is 2.57 bits per heavy atom. The van der Waals surface area contributed by atoms with Gasteiger partial charge in [-0.05, 0) is 39.3 Å². The van der Waals surface area contributed by atoms with Crippen LogP contribution in [0, 0.1) is 16.7 Å². The molecule has 1 aliphatic carbocycles. The van der Waals surface area contributed by atoms with Crippen LogP contribution in [0.1, 0.15) is 26.2 Å². The van der Waals surface area contributed by atoms with Crippen LogP contribution in [0.5, 0.6) is 0 Å². The van der Waals surface area contributed by atoms with Crippen LogP contribution in [0.15, 0.2) is 0 Å². The second-order valence-electron chi connectivity index (χ2n) is 4.78. The van der Waals surface area contributed by atoms with Gasteiger partial charge in [0.05, 0.1) is 6.07 Å². The maximum Gasteiger partial charge on any atom is 0.0628 e. The molecular formula is C11H21N3. The Morgan fingerprint density at radius 1 is 1.50 bits per heavy atom. The summed E-state index contributed by atoms with van der Waals surface area (Å²) in [5, 5.41) is 12.1. The van der Waals surface area contributed by atoms with Gasteiger partial charge in [-0.1, -0.05) is 0 Å². The lowest BCUT2D eigenvalue weighted by molar-refractivity contribution is 0.295. The van der Waals surface area contributed by atoms with E-state index in [0.717, 1.165) is 19.5 Å². The summed E-state index contributed by atoms with van der Waals surface area (Å²) in [4.78, 5) is 2.21. The molecule has 80 valence electrons. The van der Waals surface area contributed by atoms with E-state index in [1.54, 1.807) is 0 Å². The fraction of sp³-hybridized carbons (Fsp3) is 0.909. The maximum absolute atomic E-state index is 8.65. The number of hydrogen-bond donors (Lipinski definition) is 1. The summed E-state index contributed by atoms with van der Waals surface area (Å²) >= 11 is 0. The van der Waals surface area contributed by atoms with Crippen LogP contribution >= 0.6 is 0 Å². The standard InChI is InChI=1S/C11H21N3/c1-10(14(2)3)8-13-9-11(4-5-11)6-7-12/h10,13H,4-6,8-9H2,1-3H3. The molecule has 1 atom stereocenters. The molecular weight excluding hydrogens is 174 g/mol. The smallest absolute Gasteiger partial charge is 0.0628 e. The van der Waals surface area contributed by atoms with Gasteiger partial charge in [0.25, 0.3) is 0 Å². The highest BCUT2D eigenvalue weighted by atomic mass is 15.1. The third-order valence-corrected chi connectivity index (χ3v) is 3.23. The molecule has 1 saturated carbocycles. The molecule has 1 fully saturated rings. The largest absolute Gasteiger partial charge is 0.315 e. The molecule has 14 heavy (non-hydrogen) atoms. The average molecular weight is 195 g/mol. The fourth-order valence-corrected chi connectivity index (χ4v) is 1.49. The van der Waals surface area contributed by atoms with Gasteiger partial charge in [-0.3, -0.25) is 0 Å². The second kappa shape index (κ2) is 4.77. The van der Waals surface area contributed by atoms with Crippen molar-refractivity contribution in [3.63, 3.8) is 0 Å². The van der Waals surface area contributed by atoms with Crippen LogP contribution in [0.3, 0.4) is 0 Å². The van der Waals surface area contributed by atoms with Gasteiger partial charge in [0, 0.05) is 25.6 Å². The zero-order chi connectivity index (χ0) is 10.6. The van der Waals surface area contributed by atoms with Crippen molar-refractivity contribution < 1.29 is 0 Å². The molecule has 0 heterocycles. The molecule has 1 rings (SSSR count). The molecule has 0 aromatic rings. The van der Waals surface area contributed by atoms with Crippen molar-refractivity contribution in [3.05, 3.63) is 0 Å². The Morgan fingerprint density at radius 2 is 2.14 bits per heavy atom. The normalized spacial score (nSPS) is 20.5. The minimum atomic E-state index is 0.334. The maximum atomic E-state index is 8.65. The Labute approximate surface area is 87.1 Å². The van der Waals surface area contributed by atoms with E-state index in [-0.39, 0.29) is 0 Å². The van der Waals surface area contributed by atoms with Gasteiger partial charge in [-0.2, -0.15) is 5.26 Å². The number of rotatable bonds is 6. The van der Waals surface area contributed by atoms with Crippen LogP contribution in [0.25, 0.3) is 0 Å². The molecule has 0 aliphatic heterocycles. The molecule has 1 unspecified atom stereocenters. The van der Waals surface area contributed by atoms with E-state index in [9.17, 15) is 0 Å². The van der Waals surface area contributed by atoms with Crippen LogP contribution in [-0.2, 0) is 0 Å². The average Bonchev–Trinajstić information content (AvgIpc) is 2.85. The number of likely N-dealkylation sites (N-methyl/N-ethyl adjacent to an activating group) is 1. The third kappa shape index (κ3) is 3.28. The van der Waals surface area contributed by atoms with Crippen molar-refractivity contribution in [2.75, 3.05) is 27.2 Å². The minimum Gasteiger partial charge on any atom is -0.315 e. The van der Waals surface area contributed by atoms with E-state index in [0.29, 0.717) is 11.5 Å². The van der Waals surface area contributed by atoms with Gasteiger partial charge in [0.15, 0.2) is 0 Å². The van der Waals surface area contributed by atoms with Crippen LogP contribution < -0.4 is 5.32 Å². The first-order valence-corrected chi connectivity index (χ1v) is 5.34. The first-order chi connectivity index (χ1) is 6.59. The van der Waals surface area contributed by atoms with E-state index in [1.807, 2.05) is 0 Å². The molecule has 3 nitrogen and oxygen atoms in total. The second-order valence-corrected chi connectivity index (χ2v) is 4.78. The topological polar surface area (TPSA) is 39.1 Å². The van der Waals surface area contributed by atoms with E-state index in [4.69, 9.17) is 5.26 Å². The van der Waals surface area contributed by atoms with Crippen molar-refractivity contribution >= 4 is 0 Å². The van der Waals surface area contributed by atoms with Crippen LogP contribution in [0.2, 0.25) is 0 Å². The van der Waals surface area contributed by atoms with Crippen molar-refractivity contribution in [2.45, 2.75) is 32.2 Å². The highest BCUT2D eigenvalue weighted by molar-refractivity contribution is 5.00. The lowest BCUT2D eigenvalue weighted by Gasteiger charge is -2.21. The first kappa shape index (κ1) is 11.5. The van der Waals surface area contributed by atoms with Gasteiger partial charge >= 0.3 is 0 Å². The summed E-state index contributed by atoms with van der Waals surface area (Å²) < 4.78 is 0. The molecule has 0 saturated heterocycles. The van der Waals surface area contributed by atoms with E-state index >= 15 is 0 Å². The van der Waals surface area contributed by atoms with E-state index in [1.165, 1.54) is 12.8 Å². The molecule has 3 heteroatoms. The number of nitriles is 1. The van der Waals surface area contributed by atoms with Gasteiger partial charge < -0.3 is 10.2 Å². The summed E-state index contributed by atoms with van der Waals surface area (Å²) in [7, 11) is 4.18. The quantitative estimate of drug-likeness (QED) is 0.692. The lowest BCUT2D eigenvalue weighted by Crippen LogP contribution is -2.37. The Bertz CT molecular complexity index is 213. The minimum absolute atomic E-state index is 0.334. The van der Waals surface area contributed by atoms with Crippen molar-refractivity contribution in [2.24, 2.45) is 5.41 Å². The molecule has 1 N–H and O–H groups in total. The van der Waals surface area contributed by atoms with Gasteiger partial charge in [0.2, 0.25) is 0 Å². The lowest BCUT2D eigenvalue weighted by atomic mass is 10.0. The van der Waals surface area contributed by atoms with E-state index in [2.05, 4.69) is 37.3 Å². The number of nitrogens with zero attached hydrogens (tertiary/aromatic N) is 2. The Hall–Kier alpha value is -0.590. The molecule has 0 radical (unpaired) electrons. The summed E-state index contributed by atoms with van der Waals surface area (Å²) in [5.41, 5.74) is 0.334. The highest BCUT2D eigenvalue weighted by Crippen LogP contribution is 2.47. The SMILES string of the molecule is CC(CNCC1(CC#N)CC1)N(C)C. The molecule has 0 bridgehead atoms. The predicted octanol–water partition coefficient (Wildman–Crippen LogP) is 1.22.